The molecule has 2 aromatic heterocycles. The second kappa shape index (κ2) is 9.94. The number of anilines is 2. The zero-order valence-corrected chi connectivity index (χ0v) is 20.8. The van der Waals surface area contributed by atoms with Gasteiger partial charge in [-0.25, -0.2) is 4.98 Å². The number of pyridine rings is 2. The molecule has 0 bridgehead atoms. The minimum Gasteiger partial charge on any atom is -0.493 e. The van der Waals surface area contributed by atoms with Gasteiger partial charge in [0.1, 0.15) is 16.2 Å². The van der Waals surface area contributed by atoms with Crippen molar-refractivity contribution in [3.63, 3.8) is 0 Å². The van der Waals surface area contributed by atoms with Crippen molar-refractivity contribution in [2.45, 2.75) is 12.8 Å². The third-order valence-electron chi connectivity index (χ3n) is 6.13. The molecule has 2 N–H and O–H groups in total. The van der Waals surface area contributed by atoms with Crippen LogP contribution in [-0.4, -0.2) is 36.0 Å². The molecular weight excluding hydrogens is 496 g/mol. The molecule has 0 atom stereocenters. The highest BCUT2D eigenvalue weighted by molar-refractivity contribution is 6.32. The van der Waals surface area contributed by atoms with Gasteiger partial charge in [0.15, 0.2) is 11.5 Å². The Morgan fingerprint density at radius 2 is 1.54 bits per heavy atom. The Morgan fingerprint density at radius 1 is 0.865 bits per heavy atom. The van der Waals surface area contributed by atoms with E-state index in [2.05, 4.69) is 20.6 Å². The summed E-state index contributed by atoms with van der Waals surface area (Å²) >= 11 is 6.44. The van der Waals surface area contributed by atoms with Crippen LogP contribution in [0.3, 0.4) is 0 Å². The Morgan fingerprint density at radius 3 is 2.19 bits per heavy atom. The Balaban J connectivity index is 1.32. The zero-order valence-electron chi connectivity index (χ0n) is 20.1. The molecule has 1 saturated carbocycles. The molecule has 0 spiro atoms. The Hall–Kier alpha value is -4.37. The van der Waals surface area contributed by atoms with Crippen LogP contribution in [0.1, 0.15) is 12.8 Å². The van der Waals surface area contributed by atoms with Crippen molar-refractivity contribution in [2.75, 3.05) is 24.9 Å². The van der Waals surface area contributed by atoms with Gasteiger partial charge < -0.3 is 24.8 Å². The van der Waals surface area contributed by atoms with E-state index < -0.39 is 11.3 Å². The van der Waals surface area contributed by atoms with E-state index in [0.717, 1.165) is 0 Å². The van der Waals surface area contributed by atoms with Crippen LogP contribution in [0.4, 0.5) is 11.4 Å². The van der Waals surface area contributed by atoms with Gasteiger partial charge in [-0.05, 0) is 43.2 Å². The van der Waals surface area contributed by atoms with Crippen molar-refractivity contribution in [1.29, 1.82) is 0 Å². The van der Waals surface area contributed by atoms with Crippen LogP contribution in [0.2, 0.25) is 5.02 Å². The topological polar surface area (TPSA) is 112 Å². The van der Waals surface area contributed by atoms with Crippen LogP contribution in [0.25, 0.3) is 10.9 Å². The first kappa shape index (κ1) is 24.3. The average Bonchev–Trinajstić information content (AvgIpc) is 3.72. The molecule has 37 heavy (non-hydrogen) atoms. The summed E-state index contributed by atoms with van der Waals surface area (Å²) in [5.74, 6) is 0.925. The van der Waals surface area contributed by atoms with Crippen LogP contribution in [0.5, 0.6) is 23.1 Å². The lowest BCUT2D eigenvalue weighted by atomic mass is 10.0. The summed E-state index contributed by atoms with van der Waals surface area (Å²) in [6.45, 7) is 0. The summed E-state index contributed by atoms with van der Waals surface area (Å²) in [6, 6.07) is 15.7. The van der Waals surface area contributed by atoms with Crippen molar-refractivity contribution < 1.29 is 23.8 Å². The molecule has 10 heteroatoms. The number of ether oxygens (including phenoxy) is 3. The van der Waals surface area contributed by atoms with Crippen molar-refractivity contribution >= 4 is 45.7 Å². The Bertz CT molecular complexity index is 1490. The first-order valence-electron chi connectivity index (χ1n) is 11.5. The summed E-state index contributed by atoms with van der Waals surface area (Å²) in [6.07, 6.45) is 3.95. The number of fused-ring (bicyclic) bond motifs is 1. The first-order valence-corrected chi connectivity index (χ1v) is 11.8. The first-order chi connectivity index (χ1) is 17.9. The van der Waals surface area contributed by atoms with Gasteiger partial charge in [0.05, 0.1) is 31.6 Å². The second-order valence-corrected chi connectivity index (χ2v) is 8.91. The fourth-order valence-corrected chi connectivity index (χ4v) is 4.12. The van der Waals surface area contributed by atoms with Crippen molar-refractivity contribution in [2.24, 2.45) is 5.41 Å². The van der Waals surface area contributed by atoms with Crippen molar-refractivity contribution in [3.8, 4) is 23.1 Å². The fraction of sp³-hybridized carbons (Fsp3) is 0.185. The number of nitrogens with one attached hydrogen (secondary N) is 2. The largest absolute Gasteiger partial charge is 0.493 e. The number of benzene rings is 2. The average molecular weight is 519 g/mol. The monoisotopic (exact) mass is 518 g/mol. The third-order valence-corrected chi connectivity index (χ3v) is 6.40. The van der Waals surface area contributed by atoms with Gasteiger partial charge >= 0.3 is 0 Å². The summed E-state index contributed by atoms with van der Waals surface area (Å²) in [7, 11) is 3.10. The van der Waals surface area contributed by atoms with Gasteiger partial charge in [-0.2, -0.15) is 0 Å². The smallest absolute Gasteiger partial charge is 0.240 e. The number of amides is 2. The highest BCUT2D eigenvalue weighted by Gasteiger charge is 2.56. The maximum Gasteiger partial charge on any atom is 0.240 e. The van der Waals surface area contributed by atoms with Crippen LogP contribution in [0, 0.1) is 5.41 Å². The number of aromatic nitrogens is 2. The van der Waals surface area contributed by atoms with Crippen molar-refractivity contribution in [1.82, 2.24) is 9.97 Å². The molecule has 1 fully saturated rings. The van der Waals surface area contributed by atoms with Gasteiger partial charge in [-0.3, -0.25) is 14.6 Å². The van der Waals surface area contributed by atoms with E-state index in [4.69, 9.17) is 25.8 Å². The van der Waals surface area contributed by atoms with E-state index in [1.54, 1.807) is 50.7 Å². The van der Waals surface area contributed by atoms with Crippen LogP contribution >= 0.6 is 11.6 Å². The molecule has 0 saturated heterocycles. The number of nitrogens with zero attached hydrogens (tertiary/aromatic N) is 2. The summed E-state index contributed by atoms with van der Waals surface area (Å²) in [5, 5.41) is 6.42. The summed E-state index contributed by atoms with van der Waals surface area (Å²) < 4.78 is 16.7. The van der Waals surface area contributed by atoms with Crippen molar-refractivity contribution in [3.05, 3.63) is 72.0 Å². The molecule has 1 aliphatic carbocycles. The number of hydrogen-bond acceptors (Lipinski definition) is 7. The SMILES string of the molecule is COc1cc2nccc(Oc3ncc(NC(=O)C4(C(=O)Nc5ccccc5)CC4)cc3Cl)c2cc1OC. The molecule has 188 valence electrons. The van der Waals surface area contributed by atoms with Gasteiger partial charge in [-0.15, -0.1) is 0 Å². The molecule has 2 aromatic carbocycles. The molecule has 1 aliphatic rings. The number of halogens is 1. The summed E-state index contributed by atoms with van der Waals surface area (Å²) in [4.78, 5) is 34.4. The van der Waals surface area contributed by atoms with Gasteiger partial charge in [0.2, 0.25) is 17.7 Å². The molecule has 2 heterocycles. The second-order valence-electron chi connectivity index (χ2n) is 8.50. The van der Waals surface area contributed by atoms with Crippen LogP contribution in [-0.2, 0) is 9.59 Å². The molecule has 0 unspecified atom stereocenters. The van der Waals surface area contributed by atoms with Crippen LogP contribution in [0.15, 0.2) is 67.0 Å². The maximum absolute atomic E-state index is 13.0. The fourth-order valence-electron chi connectivity index (χ4n) is 3.91. The van der Waals surface area contributed by atoms with Gasteiger partial charge in [0.25, 0.3) is 0 Å². The lowest BCUT2D eigenvalue weighted by molar-refractivity contribution is -0.131. The Kier molecular flexibility index (Phi) is 6.54. The predicted octanol–water partition coefficient (Wildman–Crippen LogP) is 5.45. The standard InChI is InChI=1S/C27H23ClN4O5/c1-35-22-13-18-20(14-23(22)36-2)29-11-8-21(18)37-24-19(28)12-17(15-30-24)32-26(34)27(9-10-27)25(33)31-16-6-4-3-5-7-16/h3-8,11-15H,9-10H2,1-2H3,(H,31,33)(H,32,34). The quantitative estimate of drug-likeness (QED) is 0.298. The van der Waals surface area contributed by atoms with E-state index in [1.807, 2.05) is 18.2 Å². The minimum atomic E-state index is -1.12. The van der Waals surface area contributed by atoms with E-state index in [0.29, 0.717) is 52.4 Å². The minimum absolute atomic E-state index is 0.143. The molecule has 0 aliphatic heterocycles. The molecule has 2 amide bonds. The van der Waals surface area contributed by atoms with E-state index in [-0.39, 0.29) is 16.8 Å². The third kappa shape index (κ3) is 4.85. The number of methoxy groups -OCH3 is 2. The van der Waals surface area contributed by atoms with Gasteiger partial charge in [0, 0.05) is 23.3 Å². The summed E-state index contributed by atoms with van der Waals surface area (Å²) in [5.41, 5.74) is 0.511. The van der Waals surface area contributed by atoms with Crippen LogP contribution < -0.4 is 24.8 Å². The molecule has 5 rings (SSSR count). The number of carbonyl (C=O) groups is 2. The van der Waals surface area contributed by atoms with E-state index in [9.17, 15) is 9.59 Å². The lowest BCUT2D eigenvalue weighted by Gasteiger charge is -2.16. The molecule has 9 nitrogen and oxygen atoms in total. The zero-order chi connectivity index (χ0) is 26.0. The number of hydrogen-bond donors (Lipinski definition) is 2. The molecular formula is C27H23ClN4O5. The normalized spacial score (nSPS) is 13.5. The lowest BCUT2D eigenvalue weighted by Crippen LogP contribution is -2.35. The number of carbonyl (C=O) groups excluding carboxylic acids is 2. The highest BCUT2D eigenvalue weighted by atomic mass is 35.5. The van der Waals surface area contributed by atoms with E-state index >= 15 is 0 Å². The predicted molar refractivity (Wildman–Crippen MR) is 140 cm³/mol. The maximum atomic E-state index is 13.0. The highest BCUT2D eigenvalue weighted by Crippen LogP contribution is 2.47. The number of rotatable bonds is 8. The Labute approximate surface area is 217 Å². The molecule has 0 radical (unpaired) electrons. The number of para-hydroxylation sites is 1. The van der Waals surface area contributed by atoms with E-state index in [1.165, 1.54) is 12.3 Å². The van der Waals surface area contributed by atoms with Gasteiger partial charge in [-0.1, -0.05) is 29.8 Å². The molecule has 4 aromatic rings.